The van der Waals surface area contributed by atoms with Crippen LogP contribution in [0.4, 0.5) is 0 Å². The molecule has 1 saturated carbocycles. The molecule has 100 valence electrons. The minimum Gasteiger partial charge on any atom is -0.489 e. The van der Waals surface area contributed by atoms with Crippen LogP contribution in [0.5, 0.6) is 5.75 Å². The van der Waals surface area contributed by atoms with E-state index in [4.69, 9.17) is 16.3 Å². The second-order valence-corrected chi connectivity index (χ2v) is 5.51. The molecule has 18 heavy (non-hydrogen) atoms. The molecule has 1 aliphatic rings. The number of aryl methyl sites for hydroxylation is 1. The smallest absolute Gasteiger partial charge is 0.120 e. The highest BCUT2D eigenvalue weighted by atomic mass is 35.5. The van der Waals surface area contributed by atoms with E-state index in [2.05, 4.69) is 5.32 Å². The van der Waals surface area contributed by atoms with Crippen LogP contribution in [0.1, 0.15) is 37.7 Å². The molecular formula is C15H22ClNO. The number of likely N-dealkylation sites (N-methyl/N-ethyl adjacent to an activating group) is 1. The Labute approximate surface area is 115 Å². The summed E-state index contributed by atoms with van der Waals surface area (Å²) in [6.07, 6.45) is 6.48. The number of nitrogens with one attached hydrogen (secondary N) is 1. The van der Waals surface area contributed by atoms with Crippen LogP contribution in [0.2, 0.25) is 5.02 Å². The summed E-state index contributed by atoms with van der Waals surface area (Å²) in [5.74, 6) is 0.934. The second kappa shape index (κ2) is 6.44. The predicted molar refractivity (Wildman–Crippen MR) is 76.5 cm³/mol. The first-order valence-corrected chi connectivity index (χ1v) is 7.18. The fraction of sp³-hybridized carbons (Fsp3) is 0.600. The monoisotopic (exact) mass is 267 g/mol. The van der Waals surface area contributed by atoms with E-state index in [1.165, 1.54) is 25.7 Å². The Morgan fingerprint density at radius 1 is 1.22 bits per heavy atom. The quantitative estimate of drug-likeness (QED) is 0.838. The fourth-order valence-electron chi connectivity index (χ4n) is 2.61. The van der Waals surface area contributed by atoms with Crippen LogP contribution in [0.3, 0.4) is 0 Å². The second-order valence-electron chi connectivity index (χ2n) is 5.10. The number of halogens is 1. The Hall–Kier alpha value is -0.730. The van der Waals surface area contributed by atoms with Crippen molar-refractivity contribution in [3.63, 3.8) is 0 Å². The van der Waals surface area contributed by atoms with Crippen LogP contribution in [-0.4, -0.2) is 19.2 Å². The Morgan fingerprint density at radius 2 is 2.00 bits per heavy atom. The zero-order chi connectivity index (χ0) is 13.0. The van der Waals surface area contributed by atoms with Crippen LogP contribution >= 0.6 is 11.6 Å². The SMILES string of the molecule is CNC1CCCCCC1Oc1ccc(Cl)c(C)c1. The molecule has 1 aromatic rings. The summed E-state index contributed by atoms with van der Waals surface area (Å²) in [7, 11) is 2.03. The molecule has 3 heteroatoms. The Kier molecular flexibility index (Phi) is 4.90. The third-order valence-electron chi connectivity index (χ3n) is 3.74. The largest absolute Gasteiger partial charge is 0.489 e. The zero-order valence-corrected chi connectivity index (χ0v) is 12.0. The van der Waals surface area contributed by atoms with E-state index in [1.54, 1.807) is 0 Å². The first-order chi connectivity index (χ1) is 8.70. The molecule has 0 heterocycles. The Balaban J connectivity index is 2.07. The van der Waals surface area contributed by atoms with Crippen molar-refractivity contribution in [1.29, 1.82) is 0 Å². The normalized spacial score (nSPS) is 24.6. The molecule has 0 saturated heterocycles. The number of hydrogen-bond donors (Lipinski definition) is 1. The maximum Gasteiger partial charge on any atom is 0.120 e. The minimum atomic E-state index is 0.276. The van der Waals surface area contributed by atoms with Crippen molar-refractivity contribution in [2.75, 3.05) is 7.05 Å². The lowest BCUT2D eigenvalue weighted by Crippen LogP contribution is -2.40. The molecule has 0 amide bonds. The van der Waals surface area contributed by atoms with Gasteiger partial charge in [0.25, 0.3) is 0 Å². The van der Waals surface area contributed by atoms with Gasteiger partial charge >= 0.3 is 0 Å². The van der Waals surface area contributed by atoms with Gasteiger partial charge in [0.2, 0.25) is 0 Å². The standard InChI is InChI=1S/C15H22ClNO/c1-11-10-12(8-9-13(11)16)18-15-7-5-3-4-6-14(15)17-2/h8-10,14-15,17H,3-7H2,1-2H3. The number of rotatable bonds is 3. The van der Waals surface area contributed by atoms with E-state index in [0.717, 1.165) is 22.8 Å². The first-order valence-electron chi connectivity index (χ1n) is 6.81. The molecule has 2 atom stereocenters. The van der Waals surface area contributed by atoms with Crippen LogP contribution in [0.25, 0.3) is 0 Å². The molecule has 1 fully saturated rings. The third kappa shape index (κ3) is 3.39. The van der Waals surface area contributed by atoms with Crippen LogP contribution in [0.15, 0.2) is 18.2 Å². The van der Waals surface area contributed by atoms with Crippen LogP contribution < -0.4 is 10.1 Å². The number of benzene rings is 1. The van der Waals surface area contributed by atoms with E-state index in [1.807, 2.05) is 32.2 Å². The molecular weight excluding hydrogens is 246 g/mol. The van der Waals surface area contributed by atoms with Gasteiger partial charge in [-0.1, -0.05) is 24.4 Å². The lowest BCUT2D eigenvalue weighted by atomic mass is 10.1. The third-order valence-corrected chi connectivity index (χ3v) is 4.16. The maximum absolute atomic E-state index is 6.15. The van der Waals surface area contributed by atoms with Gasteiger partial charge in [-0.2, -0.15) is 0 Å². The highest BCUT2D eigenvalue weighted by Gasteiger charge is 2.23. The minimum absolute atomic E-state index is 0.276. The predicted octanol–water partition coefficient (Wildman–Crippen LogP) is 3.95. The molecule has 2 unspecified atom stereocenters. The molecule has 2 nitrogen and oxygen atoms in total. The summed E-state index contributed by atoms with van der Waals surface area (Å²) in [6.45, 7) is 2.01. The summed E-state index contributed by atoms with van der Waals surface area (Å²) in [5, 5.41) is 4.19. The van der Waals surface area contributed by atoms with Crippen molar-refractivity contribution in [2.45, 2.75) is 51.2 Å². The van der Waals surface area contributed by atoms with Crippen LogP contribution in [-0.2, 0) is 0 Å². The summed E-state index contributed by atoms with van der Waals surface area (Å²) >= 11 is 6.04. The van der Waals surface area contributed by atoms with E-state index in [-0.39, 0.29) is 6.10 Å². The lowest BCUT2D eigenvalue weighted by Gasteiger charge is -2.26. The average molecular weight is 268 g/mol. The van der Waals surface area contributed by atoms with Crippen molar-refractivity contribution in [3.05, 3.63) is 28.8 Å². The van der Waals surface area contributed by atoms with Crippen molar-refractivity contribution < 1.29 is 4.74 Å². The van der Waals surface area contributed by atoms with Crippen molar-refractivity contribution >= 4 is 11.6 Å². The average Bonchev–Trinajstić information content (AvgIpc) is 2.59. The van der Waals surface area contributed by atoms with Crippen molar-refractivity contribution in [3.8, 4) is 5.75 Å². The van der Waals surface area contributed by atoms with E-state index in [9.17, 15) is 0 Å². The molecule has 0 radical (unpaired) electrons. The van der Waals surface area contributed by atoms with Gasteiger partial charge in [-0.25, -0.2) is 0 Å². The highest BCUT2D eigenvalue weighted by molar-refractivity contribution is 6.31. The van der Waals surface area contributed by atoms with Gasteiger partial charge in [0.15, 0.2) is 0 Å². The van der Waals surface area contributed by atoms with Crippen LogP contribution in [0, 0.1) is 6.92 Å². The van der Waals surface area contributed by atoms with Gasteiger partial charge < -0.3 is 10.1 Å². The summed E-state index contributed by atoms with van der Waals surface area (Å²) < 4.78 is 6.15. The summed E-state index contributed by atoms with van der Waals surface area (Å²) in [6, 6.07) is 6.37. The zero-order valence-electron chi connectivity index (χ0n) is 11.2. The summed E-state index contributed by atoms with van der Waals surface area (Å²) in [4.78, 5) is 0. The van der Waals surface area contributed by atoms with Gasteiger partial charge in [-0.05, 0) is 57.0 Å². The number of ether oxygens (including phenoxy) is 1. The van der Waals surface area contributed by atoms with Crippen molar-refractivity contribution in [1.82, 2.24) is 5.32 Å². The maximum atomic E-state index is 6.15. The molecule has 1 N–H and O–H groups in total. The highest BCUT2D eigenvalue weighted by Crippen LogP contribution is 2.26. The topological polar surface area (TPSA) is 21.3 Å². The molecule has 0 bridgehead atoms. The van der Waals surface area contributed by atoms with Crippen molar-refractivity contribution in [2.24, 2.45) is 0 Å². The van der Waals surface area contributed by atoms with E-state index in [0.29, 0.717) is 6.04 Å². The fourth-order valence-corrected chi connectivity index (χ4v) is 2.73. The number of hydrogen-bond acceptors (Lipinski definition) is 2. The Bertz CT molecular complexity index is 394. The van der Waals surface area contributed by atoms with Gasteiger partial charge in [-0.3, -0.25) is 0 Å². The molecule has 0 aromatic heterocycles. The Morgan fingerprint density at radius 3 is 2.72 bits per heavy atom. The lowest BCUT2D eigenvalue weighted by molar-refractivity contribution is 0.149. The van der Waals surface area contributed by atoms with E-state index < -0.39 is 0 Å². The van der Waals surface area contributed by atoms with E-state index >= 15 is 0 Å². The molecule has 1 aliphatic carbocycles. The first kappa shape index (κ1) is 13.7. The van der Waals surface area contributed by atoms with Gasteiger partial charge in [0.1, 0.15) is 11.9 Å². The molecule has 0 aliphatic heterocycles. The van der Waals surface area contributed by atoms with Gasteiger partial charge in [0, 0.05) is 11.1 Å². The molecule has 0 spiro atoms. The molecule has 2 rings (SSSR count). The molecule has 1 aromatic carbocycles. The van der Waals surface area contributed by atoms with Gasteiger partial charge in [-0.15, -0.1) is 0 Å². The summed E-state index contributed by atoms with van der Waals surface area (Å²) in [5.41, 5.74) is 1.07. The van der Waals surface area contributed by atoms with Gasteiger partial charge in [0.05, 0.1) is 0 Å².